The van der Waals surface area contributed by atoms with Crippen molar-refractivity contribution in [2.24, 2.45) is 0 Å². The van der Waals surface area contributed by atoms with Gasteiger partial charge < -0.3 is 4.74 Å². The second-order valence-electron chi connectivity index (χ2n) is 4.61. The zero-order chi connectivity index (χ0) is 16.9. The summed E-state index contributed by atoms with van der Waals surface area (Å²) >= 11 is 5.80. The van der Waals surface area contributed by atoms with Gasteiger partial charge in [-0.15, -0.1) is 5.10 Å². The van der Waals surface area contributed by atoms with Crippen molar-refractivity contribution < 1.29 is 9.53 Å². The average Bonchev–Trinajstić information content (AvgIpc) is 3.11. The number of benzene rings is 1. The maximum Gasteiger partial charge on any atom is 0.352 e. The predicted molar refractivity (Wildman–Crippen MR) is 96.0 cm³/mol. The van der Waals surface area contributed by atoms with Crippen LogP contribution in [-0.4, -0.2) is 31.8 Å². The number of rotatable bonds is 5. The van der Waals surface area contributed by atoms with Crippen molar-refractivity contribution in [1.29, 1.82) is 0 Å². The lowest BCUT2D eigenvalue weighted by atomic mass is 10.2. The second-order valence-corrected chi connectivity index (χ2v) is 7.05. The first-order valence-electron chi connectivity index (χ1n) is 6.77. The van der Waals surface area contributed by atoms with Crippen LogP contribution in [0.15, 0.2) is 46.3 Å². The predicted octanol–water partition coefficient (Wildman–Crippen LogP) is 3.84. The van der Waals surface area contributed by atoms with E-state index in [1.165, 1.54) is 11.8 Å². The monoisotopic (exact) mass is 422 g/mol. The molecule has 0 aliphatic rings. The van der Waals surface area contributed by atoms with Crippen LogP contribution in [0.4, 0.5) is 0 Å². The molecule has 9 heteroatoms. The molecule has 3 rings (SSSR count). The lowest BCUT2D eigenvalue weighted by molar-refractivity contribution is 0.0479. The standard InChI is InChI=1S/C15H11BrN4O2S2/c1-23-15-17-6-10(7-18-15)12-13(24-20-19-12)14(21)22-8-9-2-4-11(16)5-3-9/h2-7H,8H2,1H3. The van der Waals surface area contributed by atoms with Gasteiger partial charge in [-0.25, -0.2) is 14.8 Å². The van der Waals surface area contributed by atoms with E-state index in [0.29, 0.717) is 21.3 Å². The second kappa shape index (κ2) is 7.82. The summed E-state index contributed by atoms with van der Waals surface area (Å²) in [5, 5.41) is 4.66. The van der Waals surface area contributed by atoms with E-state index in [4.69, 9.17) is 4.74 Å². The van der Waals surface area contributed by atoms with Crippen LogP contribution in [0.5, 0.6) is 0 Å². The van der Waals surface area contributed by atoms with Crippen LogP contribution in [0, 0.1) is 0 Å². The van der Waals surface area contributed by atoms with Crippen molar-refractivity contribution in [2.45, 2.75) is 11.8 Å². The van der Waals surface area contributed by atoms with Gasteiger partial charge >= 0.3 is 5.97 Å². The number of ether oxygens (including phenoxy) is 1. The van der Waals surface area contributed by atoms with Gasteiger partial charge in [-0.05, 0) is 35.5 Å². The first-order valence-corrected chi connectivity index (χ1v) is 9.57. The van der Waals surface area contributed by atoms with Crippen LogP contribution in [-0.2, 0) is 11.3 Å². The smallest absolute Gasteiger partial charge is 0.352 e. The molecule has 0 radical (unpaired) electrons. The highest BCUT2D eigenvalue weighted by atomic mass is 79.9. The summed E-state index contributed by atoms with van der Waals surface area (Å²) in [7, 11) is 0. The summed E-state index contributed by atoms with van der Waals surface area (Å²) in [6.07, 6.45) is 5.15. The summed E-state index contributed by atoms with van der Waals surface area (Å²) in [6.45, 7) is 0.186. The van der Waals surface area contributed by atoms with Crippen LogP contribution in [0.2, 0.25) is 0 Å². The van der Waals surface area contributed by atoms with Crippen LogP contribution >= 0.6 is 39.2 Å². The summed E-state index contributed by atoms with van der Waals surface area (Å²) in [4.78, 5) is 21.0. The highest BCUT2D eigenvalue weighted by Gasteiger charge is 2.20. The van der Waals surface area contributed by atoms with E-state index in [1.807, 2.05) is 30.5 Å². The maximum atomic E-state index is 12.3. The van der Waals surface area contributed by atoms with Gasteiger partial charge in [0.1, 0.15) is 12.3 Å². The maximum absolute atomic E-state index is 12.3. The summed E-state index contributed by atoms with van der Waals surface area (Å²) in [5.41, 5.74) is 1.98. The molecule has 0 saturated carbocycles. The Morgan fingerprint density at radius 3 is 2.62 bits per heavy atom. The fourth-order valence-electron chi connectivity index (χ4n) is 1.85. The Labute approximate surface area is 155 Å². The SMILES string of the molecule is CSc1ncc(-c2nnsc2C(=O)OCc2ccc(Br)cc2)cn1. The molecule has 0 amide bonds. The quantitative estimate of drug-likeness (QED) is 0.351. The van der Waals surface area contributed by atoms with Gasteiger partial charge in [0.2, 0.25) is 0 Å². The number of carbonyl (C=O) groups is 1. The number of halogens is 1. The van der Waals surface area contributed by atoms with E-state index in [9.17, 15) is 4.79 Å². The van der Waals surface area contributed by atoms with Gasteiger partial charge in [0, 0.05) is 22.4 Å². The molecule has 0 spiro atoms. The normalized spacial score (nSPS) is 10.6. The number of nitrogens with zero attached hydrogens (tertiary/aromatic N) is 4. The van der Waals surface area contributed by atoms with Crippen molar-refractivity contribution in [2.75, 3.05) is 6.26 Å². The van der Waals surface area contributed by atoms with Crippen molar-refractivity contribution >= 4 is 45.2 Å². The van der Waals surface area contributed by atoms with Gasteiger partial charge in [0.15, 0.2) is 10.0 Å². The van der Waals surface area contributed by atoms with Crippen molar-refractivity contribution in [3.05, 3.63) is 51.6 Å². The van der Waals surface area contributed by atoms with Crippen molar-refractivity contribution in [3.63, 3.8) is 0 Å². The zero-order valence-corrected chi connectivity index (χ0v) is 15.7. The van der Waals surface area contributed by atoms with E-state index >= 15 is 0 Å². The van der Waals surface area contributed by atoms with E-state index < -0.39 is 5.97 Å². The van der Waals surface area contributed by atoms with E-state index in [2.05, 4.69) is 35.5 Å². The minimum absolute atomic E-state index is 0.186. The molecule has 24 heavy (non-hydrogen) atoms. The lowest BCUT2D eigenvalue weighted by Gasteiger charge is -2.05. The number of carbonyl (C=O) groups excluding carboxylic acids is 1. The Morgan fingerprint density at radius 1 is 1.25 bits per heavy atom. The molecule has 2 aromatic heterocycles. The molecule has 6 nitrogen and oxygen atoms in total. The third-order valence-electron chi connectivity index (χ3n) is 3.04. The minimum atomic E-state index is -0.461. The Balaban J connectivity index is 1.73. The van der Waals surface area contributed by atoms with E-state index in [1.54, 1.807) is 12.4 Å². The van der Waals surface area contributed by atoms with Crippen LogP contribution in [0.25, 0.3) is 11.3 Å². The van der Waals surface area contributed by atoms with Gasteiger partial charge in [0.25, 0.3) is 0 Å². The third kappa shape index (κ3) is 3.97. The van der Waals surface area contributed by atoms with E-state index in [0.717, 1.165) is 21.6 Å². The molecule has 0 aliphatic carbocycles. The number of hydrogen-bond donors (Lipinski definition) is 0. The molecule has 0 N–H and O–H groups in total. The summed E-state index contributed by atoms with van der Waals surface area (Å²) in [5.74, 6) is -0.461. The molecule has 0 unspecified atom stereocenters. The highest BCUT2D eigenvalue weighted by Crippen LogP contribution is 2.24. The van der Waals surface area contributed by atoms with Gasteiger partial charge in [-0.2, -0.15) is 0 Å². The van der Waals surface area contributed by atoms with E-state index in [-0.39, 0.29) is 6.61 Å². The molecule has 122 valence electrons. The minimum Gasteiger partial charge on any atom is -0.457 e. The molecule has 0 bridgehead atoms. The van der Waals surface area contributed by atoms with Gasteiger partial charge in [0.05, 0.1) is 0 Å². The molecule has 0 aliphatic heterocycles. The molecule has 2 heterocycles. The Bertz CT molecular complexity index is 837. The molecule has 1 aromatic carbocycles. The topological polar surface area (TPSA) is 77.9 Å². The largest absolute Gasteiger partial charge is 0.457 e. The number of hydrogen-bond acceptors (Lipinski definition) is 8. The first-order chi connectivity index (χ1) is 11.7. The average molecular weight is 423 g/mol. The zero-order valence-electron chi connectivity index (χ0n) is 12.5. The lowest BCUT2D eigenvalue weighted by Crippen LogP contribution is -2.05. The van der Waals surface area contributed by atoms with Crippen molar-refractivity contribution in [3.8, 4) is 11.3 Å². The molecule has 0 fully saturated rings. The number of esters is 1. The van der Waals surface area contributed by atoms with Crippen LogP contribution in [0.3, 0.4) is 0 Å². The molecule has 0 saturated heterocycles. The van der Waals surface area contributed by atoms with Crippen LogP contribution in [0.1, 0.15) is 15.2 Å². The Morgan fingerprint density at radius 2 is 1.96 bits per heavy atom. The Hall–Kier alpha value is -1.84. The fraction of sp³-hybridized carbons (Fsp3) is 0.133. The molecule has 3 aromatic rings. The molecule has 0 atom stereocenters. The third-order valence-corrected chi connectivity index (χ3v) is 4.85. The van der Waals surface area contributed by atoms with Gasteiger partial charge in [-0.1, -0.05) is 44.3 Å². The Kier molecular flexibility index (Phi) is 5.54. The fourth-order valence-corrected chi connectivity index (χ4v) is 3.02. The summed E-state index contributed by atoms with van der Waals surface area (Å²) in [6, 6.07) is 7.57. The van der Waals surface area contributed by atoms with Crippen LogP contribution < -0.4 is 0 Å². The first kappa shape index (κ1) is 17.0. The highest BCUT2D eigenvalue weighted by molar-refractivity contribution is 9.10. The summed E-state index contributed by atoms with van der Waals surface area (Å²) < 4.78 is 10.2. The number of thioether (sulfide) groups is 1. The van der Waals surface area contributed by atoms with Crippen molar-refractivity contribution in [1.82, 2.24) is 19.6 Å². The molecular weight excluding hydrogens is 412 g/mol. The number of aromatic nitrogens is 4. The molecular formula is C15H11BrN4O2S2. The van der Waals surface area contributed by atoms with Gasteiger partial charge in [-0.3, -0.25) is 0 Å².